The molecule has 0 amide bonds. The predicted molar refractivity (Wildman–Crippen MR) is 58.1 cm³/mol. The SMILES string of the molecule is CC(C)=CCC[C@](Cl)(CO)CBr. The third kappa shape index (κ3) is 5.18. The van der Waals surface area contributed by atoms with E-state index in [4.69, 9.17) is 16.7 Å². The van der Waals surface area contributed by atoms with E-state index in [0.717, 1.165) is 12.8 Å². The third-order valence-electron chi connectivity index (χ3n) is 1.67. The van der Waals surface area contributed by atoms with Crippen LogP contribution in [0.4, 0.5) is 0 Å². The molecule has 0 aliphatic rings. The summed E-state index contributed by atoms with van der Waals surface area (Å²) >= 11 is 9.35. The molecule has 0 rings (SSSR count). The van der Waals surface area contributed by atoms with Gasteiger partial charge in [0.2, 0.25) is 0 Å². The first-order valence-electron chi connectivity index (χ1n) is 4.03. The van der Waals surface area contributed by atoms with Crippen LogP contribution in [0.3, 0.4) is 0 Å². The highest BCUT2D eigenvalue weighted by atomic mass is 79.9. The van der Waals surface area contributed by atoms with Gasteiger partial charge in [0, 0.05) is 5.33 Å². The number of rotatable bonds is 5. The van der Waals surface area contributed by atoms with Crippen LogP contribution in [0.5, 0.6) is 0 Å². The summed E-state index contributed by atoms with van der Waals surface area (Å²) < 4.78 is 0. The Balaban J connectivity index is 3.81. The van der Waals surface area contributed by atoms with Gasteiger partial charge in [-0.25, -0.2) is 0 Å². The topological polar surface area (TPSA) is 20.2 Å². The van der Waals surface area contributed by atoms with Gasteiger partial charge in [-0.3, -0.25) is 0 Å². The van der Waals surface area contributed by atoms with E-state index in [1.807, 2.05) is 0 Å². The molecule has 0 spiro atoms. The lowest BCUT2D eigenvalue weighted by molar-refractivity contribution is 0.249. The molecule has 12 heavy (non-hydrogen) atoms. The van der Waals surface area contributed by atoms with Crippen LogP contribution in [0.25, 0.3) is 0 Å². The van der Waals surface area contributed by atoms with Gasteiger partial charge in [-0.2, -0.15) is 0 Å². The summed E-state index contributed by atoms with van der Waals surface area (Å²) in [5.74, 6) is 0. The van der Waals surface area contributed by atoms with E-state index in [0.29, 0.717) is 5.33 Å². The van der Waals surface area contributed by atoms with Crippen LogP contribution < -0.4 is 0 Å². The fraction of sp³-hybridized carbons (Fsp3) is 0.778. The Kier molecular flexibility index (Phi) is 6.24. The summed E-state index contributed by atoms with van der Waals surface area (Å²) in [5, 5.41) is 9.60. The molecule has 0 heterocycles. The molecule has 1 nitrogen and oxygen atoms in total. The summed E-state index contributed by atoms with van der Waals surface area (Å²) in [7, 11) is 0. The van der Waals surface area contributed by atoms with E-state index in [2.05, 4.69) is 35.9 Å². The Morgan fingerprint density at radius 3 is 2.50 bits per heavy atom. The molecule has 0 aromatic carbocycles. The van der Waals surface area contributed by atoms with E-state index in [-0.39, 0.29) is 6.61 Å². The molecule has 0 fully saturated rings. The summed E-state index contributed by atoms with van der Waals surface area (Å²) in [6.45, 7) is 4.14. The van der Waals surface area contributed by atoms with Crippen molar-refractivity contribution in [2.75, 3.05) is 11.9 Å². The van der Waals surface area contributed by atoms with Crippen molar-refractivity contribution in [3.05, 3.63) is 11.6 Å². The highest BCUT2D eigenvalue weighted by molar-refractivity contribution is 9.09. The molecule has 1 N–H and O–H groups in total. The lowest BCUT2D eigenvalue weighted by atomic mass is 10.0. The smallest absolute Gasteiger partial charge is 0.0776 e. The largest absolute Gasteiger partial charge is 0.395 e. The molecule has 0 saturated heterocycles. The molecule has 0 saturated carbocycles. The van der Waals surface area contributed by atoms with E-state index in [1.54, 1.807) is 0 Å². The molecular weight excluding hydrogens is 239 g/mol. The minimum atomic E-state index is -0.480. The highest BCUT2D eigenvalue weighted by Crippen LogP contribution is 2.24. The average molecular weight is 256 g/mol. The number of hydrogen-bond donors (Lipinski definition) is 1. The summed E-state index contributed by atoms with van der Waals surface area (Å²) in [6.07, 6.45) is 3.87. The van der Waals surface area contributed by atoms with Gasteiger partial charge in [-0.05, 0) is 26.7 Å². The normalized spacial score (nSPS) is 15.4. The molecule has 0 aliphatic carbocycles. The third-order valence-corrected chi connectivity index (χ3v) is 3.51. The molecule has 0 aromatic heterocycles. The second-order valence-corrected chi connectivity index (χ2v) is 4.63. The van der Waals surface area contributed by atoms with Crippen LogP contribution in [0.15, 0.2) is 11.6 Å². The molecule has 72 valence electrons. The van der Waals surface area contributed by atoms with E-state index < -0.39 is 4.87 Å². The summed E-state index contributed by atoms with van der Waals surface area (Å²) in [6, 6.07) is 0. The first kappa shape index (κ1) is 12.5. The first-order valence-corrected chi connectivity index (χ1v) is 5.53. The van der Waals surface area contributed by atoms with Gasteiger partial charge in [0.05, 0.1) is 11.5 Å². The maximum Gasteiger partial charge on any atom is 0.0776 e. The molecule has 0 unspecified atom stereocenters. The quantitative estimate of drug-likeness (QED) is 0.591. The fourth-order valence-corrected chi connectivity index (χ4v) is 1.37. The zero-order chi connectivity index (χ0) is 9.61. The molecule has 0 aliphatic heterocycles. The van der Waals surface area contributed by atoms with E-state index >= 15 is 0 Å². The number of aliphatic hydroxyl groups excluding tert-OH is 1. The van der Waals surface area contributed by atoms with Crippen LogP contribution in [0, 0.1) is 0 Å². The molecule has 0 radical (unpaired) electrons. The van der Waals surface area contributed by atoms with Crippen LogP contribution in [0.2, 0.25) is 0 Å². The number of aliphatic hydroxyl groups is 1. The zero-order valence-electron chi connectivity index (χ0n) is 7.61. The minimum Gasteiger partial charge on any atom is -0.395 e. The summed E-state index contributed by atoms with van der Waals surface area (Å²) in [5.41, 5.74) is 1.29. The van der Waals surface area contributed by atoms with Crippen molar-refractivity contribution in [3.63, 3.8) is 0 Å². The van der Waals surface area contributed by atoms with Crippen molar-refractivity contribution in [3.8, 4) is 0 Å². The second kappa shape index (κ2) is 6.01. The maximum absolute atomic E-state index is 8.97. The van der Waals surface area contributed by atoms with Crippen LogP contribution >= 0.6 is 27.5 Å². The Morgan fingerprint density at radius 2 is 2.17 bits per heavy atom. The zero-order valence-corrected chi connectivity index (χ0v) is 9.95. The van der Waals surface area contributed by atoms with Crippen LogP contribution in [0.1, 0.15) is 26.7 Å². The Bertz CT molecular complexity index is 149. The molecule has 0 aromatic rings. The Hall–Kier alpha value is 0.470. The van der Waals surface area contributed by atoms with Gasteiger partial charge in [-0.15, -0.1) is 11.6 Å². The summed E-state index contributed by atoms with van der Waals surface area (Å²) in [4.78, 5) is -0.480. The van der Waals surface area contributed by atoms with Crippen molar-refractivity contribution in [2.24, 2.45) is 0 Å². The number of allylic oxidation sites excluding steroid dienone is 2. The predicted octanol–water partition coefficient (Wildman–Crippen LogP) is 3.10. The van der Waals surface area contributed by atoms with Gasteiger partial charge in [0.15, 0.2) is 0 Å². The second-order valence-electron chi connectivity index (χ2n) is 3.26. The van der Waals surface area contributed by atoms with Gasteiger partial charge < -0.3 is 5.11 Å². The first-order chi connectivity index (χ1) is 5.54. The number of halogens is 2. The van der Waals surface area contributed by atoms with Crippen LogP contribution in [-0.4, -0.2) is 21.9 Å². The minimum absolute atomic E-state index is 0.0242. The van der Waals surface area contributed by atoms with Gasteiger partial charge >= 0.3 is 0 Å². The molecule has 1 atom stereocenters. The van der Waals surface area contributed by atoms with E-state index in [1.165, 1.54) is 5.57 Å². The van der Waals surface area contributed by atoms with Crippen molar-refractivity contribution in [1.29, 1.82) is 0 Å². The van der Waals surface area contributed by atoms with Crippen LogP contribution in [-0.2, 0) is 0 Å². The van der Waals surface area contributed by atoms with Gasteiger partial charge in [0.1, 0.15) is 0 Å². The van der Waals surface area contributed by atoms with Crippen molar-refractivity contribution >= 4 is 27.5 Å². The van der Waals surface area contributed by atoms with Gasteiger partial charge in [0.25, 0.3) is 0 Å². The molecule has 0 bridgehead atoms. The molecular formula is C9H16BrClO. The monoisotopic (exact) mass is 254 g/mol. The fourth-order valence-electron chi connectivity index (χ4n) is 0.808. The molecule has 3 heteroatoms. The van der Waals surface area contributed by atoms with Crippen molar-refractivity contribution < 1.29 is 5.11 Å². The van der Waals surface area contributed by atoms with Gasteiger partial charge in [-0.1, -0.05) is 27.6 Å². The highest BCUT2D eigenvalue weighted by Gasteiger charge is 2.23. The Morgan fingerprint density at radius 1 is 1.58 bits per heavy atom. The van der Waals surface area contributed by atoms with E-state index in [9.17, 15) is 0 Å². The maximum atomic E-state index is 8.97. The lowest BCUT2D eigenvalue weighted by Crippen LogP contribution is -2.27. The van der Waals surface area contributed by atoms with Crippen molar-refractivity contribution in [2.45, 2.75) is 31.6 Å². The number of hydrogen-bond acceptors (Lipinski definition) is 1. The lowest BCUT2D eigenvalue weighted by Gasteiger charge is -2.20. The number of alkyl halides is 2. The Labute approximate surface area is 87.9 Å². The average Bonchev–Trinajstić information content (AvgIpc) is 2.03. The van der Waals surface area contributed by atoms with Crippen molar-refractivity contribution in [1.82, 2.24) is 0 Å². The standard InChI is InChI=1S/C9H16BrClO/c1-8(2)4-3-5-9(11,6-10)7-12/h4,12H,3,5-7H2,1-2H3/t9-/m1/s1.